The van der Waals surface area contributed by atoms with Gasteiger partial charge < -0.3 is 4.74 Å². The maximum Gasteiger partial charge on any atom is 0.375 e. The fourth-order valence-electron chi connectivity index (χ4n) is 0.494. The quantitative estimate of drug-likeness (QED) is 0.347. The van der Waals surface area contributed by atoms with Gasteiger partial charge in [-0.05, 0) is 13.8 Å². The molecule has 0 saturated carbocycles. The number of allylic oxidation sites excluding steroid dienone is 1. The SMILES string of the molecule is C=CCC(=O)C(=O)OC(C)C. The lowest BCUT2D eigenvalue weighted by Crippen LogP contribution is -2.20. The van der Waals surface area contributed by atoms with E-state index in [4.69, 9.17) is 0 Å². The van der Waals surface area contributed by atoms with Gasteiger partial charge in [-0.1, -0.05) is 6.08 Å². The average Bonchev–Trinajstić information content (AvgIpc) is 1.86. The number of ketones is 1. The van der Waals surface area contributed by atoms with Crippen molar-refractivity contribution < 1.29 is 14.3 Å². The Balaban J connectivity index is 3.83. The predicted molar refractivity (Wildman–Crippen MR) is 41.0 cm³/mol. The molecule has 0 spiro atoms. The van der Waals surface area contributed by atoms with Crippen molar-refractivity contribution >= 4 is 11.8 Å². The lowest BCUT2D eigenvalue weighted by Gasteiger charge is -2.04. The van der Waals surface area contributed by atoms with E-state index < -0.39 is 11.8 Å². The van der Waals surface area contributed by atoms with Gasteiger partial charge in [-0.2, -0.15) is 0 Å². The number of rotatable bonds is 4. The molecule has 0 saturated heterocycles. The van der Waals surface area contributed by atoms with Gasteiger partial charge in [0.05, 0.1) is 6.10 Å². The fraction of sp³-hybridized carbons (Fsp3) is 0.500. The van der Waals surface area contributed by atoms with E-state index >= 15 is 0 Å². The zero-order valence-electron chi connectivity index (χ0n) is 6.79. The lowest BCUT2D eigenvalue weighted by molar-refractivity contribution is -0.156. The van der Waals surface area contributed by atoms with Gasteiger partial charge in [0.1, 0.15) is 0 Å². The molecule has 0 aromatic rings. The smallest absolute Gasteiger partial charge is 0.375 e. The Morgan fingerprint density at radius 1 is 1.55 bits per heavy atom. The second-order valence-corrected chi connectivity index (χ2v) is 2.37. The van der Waals surface area contributed by atoms with Crippen LogP contribution < -0.4 is 0 Å². The molecule has 0 aliphatic rings. The third-order valence-electron chi connectivity index (χ3n) is 0.900. The van der Waals surface area contributed by atoms with E-state index in [1.807, 2.05) is 0 Å². The first-order valence-corrected chi connectivity index (χ1v) is 3.42. The van der Waals surface area contributed by atoms with E-state index in [9.17, 15) is 9.59 Å². The molecule has 0 aliphatic carbocycles. The van der Waals surface area contributed by atoms with E-state index in [0.29, 0.717) is 0 Å². The Hall–Kier alpha value is -1.12. The Labute approximate surface area is 66.0 Å². The first-order valence-electron chi connectivity index (χ1n) is 3.42. The second kappa shape index (κ2) is 4.66. The fourth-order valence-corrected chi connectivity index (χ4v) is 0.494. The highest BCUT2D eigenvalue weighted by molar-refractivity contribution is 6.33. The topological polar surface area (TPSA) is 43.4 Å². The summed E-state index contributed by atoms with van der Waals surface area (Å²) in [4.78, 5) is 21.5. The van der Waals surface area contributed by atoms with E-state index in [0.717, 1.165) is 0 Å². The van der Waals surface area contributed by atoms with Crippen LogP contribution in [0.4, 0.5) is 0 Å². The van der Waals surface area contributed by atoms with Crippen molar-refractivity contribution in [3.63, 3.8) is 0 Å². The van der Waals surface area contributed by atoms with Crippen molar-refractivity contribution in [1.82, 2.24) is 0 Å². The van der Waals surface area contributed by atoms with Crippen LogP contribution in [0.15, 0.2) is 12.7 Å². The van der Waals surface area contributed by atoms with Gasteiger partial charge in [0.15, 0.2) is 0 Å². The Bertz CT molecular complexity index is 170. The summed E-state index contributed by atoms with van der Waals surface area (Å²) in [5, 5.41) is 0. The van der Waals surface area contributed by atoms with Crippen molar-refractivity contribution in [1.29, 1.82) is 0 Å². The highest BCUT2D eigenvalue weighted by Crippen LogP contribution is 1.93. The average molecular weight is 156 g/mol. The highest BCUT2D eigenvalue weighted by Gasteiger charge is 2.14. The maximum atomic E-state index is 10.7. The third-order valence-corrected chi connectivity index (χ3v) is 0.900. The first kappa shape index (κ1) is 9.88. The summed E-state index contributed by atoms with van der Waals surface area (Å²) < 4.78 is 4.63. The largest absolute Gasteiger partial charge is 0.457 e. The molecule has 0 radical (unpaired) electrons. The van der Waals surface area contributed by atoms with Crippen LogP contribution in [0.5, 0.6) is 0 Å². The van der Waals surface area contributed by atoms with Crippen LogP contribution in [0, 0.1) is 0 Å². The lowest BCUT2D eigenvalue weighted by atomic mass is 10.3. The number of esters is 1. The molecule has 0 aromatic carbocycles. The van der Waals surface area contributed by atoms with Crippen LogP contribution in [-0.4, -0.2) is 17.9 Å². The number of carbonyl (C=O) groups excluding carboxylic acids is 2. The molecule has 62 valence electrons. The molecule has 0 heterocycles. The van der Waals surface area contributed by atoms with Crippen LogP contribution in [0.3, 0.4) is 0 Å². The molecule has 0 N–H and O–H groups in total. The molecule has 0 fully saturated rings. The molecule has 11 heavy (non-hydrogen) atoms. The molecule has 0 aliphatic heterocycles. The minimum absolute atomic E-state index is 0.0472. The minimum atomic E-state index is -0.778. The van der Waals surface area contributed by atoms with Gasteiger partial charge in [0.25, 0.3) is 0 Å². The summed E-state index contributed by atoms with van der Waals surface area (Å²) in [5.74, 6) is -1.33. The summed E-state index contributed by atoms with van der Waals surface area (Å²) in [6.07, 6.45) is 1.19. The summed E-state index contributed by atoms with van der Waals surface area (Å²) in [7, 11) is 0. The highest BCUT2D eigenvalue weighted by atomic mass is 16.5. The molecule has 0 aromatic heterocycles. The Kier molecular flexibility index (Phi) is 4.18. The summed E-state index contributed by atoms with van der Waals surface area (Å²) in [5.41, 5.74) is 0. The molecule has 0 rings (SSSR count). The number of Topliss-reactive ketones (excluding diaryl/α,β-unsaturated/α-hetero) is 1. The molecule has 0 amide bonds. The number of carbonyl (C=O) groups is 2. The van der Waals surface area contributed by atoms with Crippen LogP contribution in [-0.2, 0) is 14.3 Å². The van der Waals surface area contributed by atoms with Crippen LogP contribution in [0.25, 0.3) is 0 Å². The van der Waals surface area contributed by atoms with Gasteiger partial charge in [-0.25, -0.2) is 4.79 Å². The molecule has 3 nitrogen and oxygen atoms in total. The monoisotopic (exact) mass is 156 g/mol. The second-order valence-electron chi connectivity index (χ2n) is 2.37. The van der Waals surface area contributed by atoms with Gasteiger partial charge in [0, 0.05) is 6.42 Å². The standard InChI is InChI=1S/C8H12O3/c1-4-5-7(9)8(10)11-6(2)3/h4,6H,1,5H2,2-3H3. The number of hydrogen-bond donors (Lipinski definition) is 0. The number of hydrogen-bond acceptors (Lipinski definition) is 3. The van der Waals surface area contributed by atoms with Gasteiger partial charge >= 0.3 is 5.97 Å². The Morgan fingerprint density at radius 2 is 2.09 bits per heavy atom. The molecule has 0 atom stereocenters. The van der Waals surface area contributed by atoms with E-state index in [-0.39, 0.29) is 12.5 Å². The van der Waals surface area contributed by atoms with Crippen molar-refractivity contribution in [2.45, 2.75) is 26.4 Å². The Morgan fingerprint density at radius 3 is 2.45 bits per heavy atom. The minimum Gasteiger partial charge on any atom is -0.457 e. The van der Waals surface area contributed by atoms with Crippen molar-refractivity contribution in [3.8, 4) is 0 Å². The van der Waals surface area contributed by atoms with E-state index in [2.05, 4.69) is 11.3 Å². The number of ether oxygens (including phenoxy) is 1. The van der Waals surface area contributed by atoms with Crippen molar-refractivity contribution in [3.05, 3.63) is 12.7 Å². The first-order chi connectivity index (χ1) is 5.07. The van der Waals surface area contributed by atoms with Crippen LogP contribution >= 0.6 is 0 Å². The maximum absolute atomic E-state index is 10.7. The van der Waals surface area contributed by atoms with E-state index in [1.165, 1.54) is 6.08 Å². The third kappa shape index (κ3) is 4.31. The van der Waals surface area contributed by atoms with Gasteiger partial charge in [-0.3, -0.25) is 4.79 Å². The summed E-state index contributed by atoms with van der Waals surface area (Å²) in [6.45, 7) is 6.72. The van der Waals surface area contributed by atoms with Crippen molar-refractivity contribution in [2.24, 2.45) is 0 Å². The molecule has 3 heteroatoms. The zero-order chi connectivity index (χ0) is 8.85. The van der Waals surface area contributed by atoms with Crippen molar-refractivity contribution in [2.75, 3.05) is 0 Å². The molecular weight excluding hydrogens is 144 g/mol. The summed E-state index contributed by atoms with van der Waals surface area (Å²) >= 11 is 0. The molecular formula is C8H12O3. The normalized spacial score (nSPS) is 9.36. The van der Waals surface area contributed by atoms with E-state index in [1.54, 1.807) is 13.8 Å². The van der Waals surface area contributed by atoms with Gasteiger partial charge in [0.2, 0.25) is 5.78 Å². The molecule has 0 unspecified atom stereocenters. The van der Waals surface area contributed by atoms with Crippen LogP contribution in [0.1, 0.15) is 20.3 Å². The molecule has 0 bridgehead atoms. The predicted octanol–water partition coefficient (Wildman–Crippen LogP) is 1.08. The van der Waals surface area contributed by atoms with Crippen LogP contribution in [0.2, 0.25) is 0 Å². The zero-order valence-corrected chi connectivity index (χ0v) is 6.79. The summed E-state index contributed by atoms with van der Waals surface area (Å²) in [6, 6.07) is 0. The van der Waals surface area contributed by atoms with Gasteiger partial charge in [-0.15, -0.1) is 6.58 Å².